The Bertz CT molecular complexity index is 793. The summed E-state index contributed by atoms with van der Waals surface area (Å²) in [4.78, 5) is 4.62. The van der Waals surface area contributed by atoms with Crippen LogP contribution in [0.4, 0.5) is 5.69 Å². The number of hydrogen-bond acceptors (Lipinski definition) is 2. The Labute approximate surface area is 126 Å². The van der Waals surface area contributed by atoms with Gasteiger partial charge in [-0.1, -0.05) is 30.1 Å². The van der Waals surface area contributed by atoms with Gasteiger partial charge in [0, 0.05) is 17.1 Å². The van der Waals surface area contributed by atoms with Crippen LogP contribution in [0.1, 0.15) is 12.7 Å². The minimum Gasteiger partial charge on any atom is -0.399 e. The van der Waals surface area contributed by atoms with Crippen molar-refractivity contribution in [3.05, 3.63) is 52.3 Å². The third kappa shape index (κ3) is 2.13. The van der Waals surface area contributed by atoms with Crippen molar-refractivity contribution in [1.82, 2.24) is 9.55 Å². The zero-order valence-corrected chi connectivity index (χ0v) is 12.4. The lowest BCUT2D eigenvalue weighted by Crippen LogP contribution is -2.00. The molecule has 3 rings (SSSR count). The molecule has 0 spiro atoms. The van der Waals surface area contributed by atoms with Gasteiger partial charge in [0.05, 0.1) is 21.7 Å². The van der Waals surface area contributed by atoms with E-state index in [1.807, 2.05) is 28.8 Å². The van der Waals surface area contributed by atoms with Gasteiger partial charge in [-0.25, -0.2) is 4.98 Å². The van der Waals surface area contributed by atoms with E-state index in [1.165, 1.54) is 0 Å². The van der Waals surface area contributed by atoms with Gasteiger partial charge in [-0.05, 0) is 36.4 Å². The van der Waals surface area contributed by atoms with Gasteiger partial charge in [-0.2, -0.15) is 0 Å². The molecule has 3 nitrogen and oxygen atoms in total. The highest BCUT2D eigenvalue weighted by atomic mass is 35.5. The van der Waals surface area contributed by atoms with Crippen LogP contribution in [0.25, 0.3) is 16.7 Å². The van der Waals surface area contributed by atoms with E-state index < -0.39 is 0 Å². The van der Waals surface area contributed by atoms with E-state index in [-0.39, 0.29) is 0 Å². The lowest BCUT2D eigenvalue weighted by atomic mass is 10.2. The molecule has 0 radical (unpaired) electrons. The average molecular weight is 306 g/mol. The Hall–Kier alpha value is -1.71. The van der Waals surface area contributed by atoms with Gasteiger partial charge in [0.2, 0.25) is 0 Å². The second-order valence-corrected chi connectivity index (χ2v) is 5.40. The number of hydrogen-bond donors (Lipinski definition) is 1. The molecule has 0 saturated heterocycles. The molecule has 0 unspecified atom stereocenters. The number of nitrogens with zero attached hydrogens (tertiary/aromatic N) is 2. The number of fused-ring (bicyclic) bond motifs is 1. The smallest absolute Gasteiger partial charge is 0.114 e. The molecule has 1 aromatic heterocycles. The van der Waals surface area contributed by atoms with E-state index in [2.05, 4.69) is 11.9 Å². The van der Waals surface area contributed by atoms with E-state index in [1.54, 1.807) is 12.1 Å². The summed E-state index contributed by atoms with van der Waals surface area (Å²) in [6.07, 6.45) is 0.789. The summed E-state index contributed by atoms with van der Waals surface area (Å²) in [6, 6.07) is 11.1. The second-order valence-electron chi connectivity index (χ2n) is 4.56. The van der Waals surface area contributed by atoms with Crippen molar-refractivity contribution in [1.29, 1.82) is 0 Å². The molecule has 0 bridgehead atoms. The zero-order valence-electron chi connectivity index (χ0n) is 10.9. The van der Waals surface area contributed by atoms with E-state index in [0.29, 0.717) is 15.7 Å². The number of rotatable bonds is 2. The predicted octanol–water partition coefficient (Wildman–Crippen LogP) is 4.48. The van der Waals surface area contributed by atoms with Crippen LogP contribution in [-0.2, 0) is 6.42 Å². The Kier molecular flexibility index (Phi) is 3.32. The summed E-state index contributed by atoms with van der Waals surface area (Å²) in [7, 11) is 0. The van der Waals surface area contributed by atoms with Crippen molar-refractivity contribution in [2.45, 2.75) is 13.3 Å². The third-order valence-electron chi connectivity index (χ3n) is 3.21. The predicted molar refractivity (Wildman–Crippen MR) is 84.9 cm³/mol. The van der Waals surface area contributed by atoms with Crippen molar-refractivity contribution in [2.24, 2.45) is 0 Å². The molecule has 0 saturated carbocycles. The normalized spacial score (nSPS) is 11.2. The highest BCUT2D eigenvalue weighted by Crippen LogP contribution is 2.30. The first kappa shape index (κ1) is 13.3. The molecule has 1 heterocycles. The zero-order chi connectivity index (χ0) is 14.3. The first-order valence-corrected chi connectivity index (χ1v) is 7.08. The molecule has 20 heavy (non-hydrogen) atoms. The van der Waals surface area contributed by atoms with Crippen LogP contribution in [0.5, 0.6) is 0 Å². The maximum atomic E-state index is 6.32. The lowest BCUT2D eigenvalue weighted by molar-refractivity contribution is 0.908. The second kappa shape index (κ2) is 5.00. The molecule has 0 amide bonds. The summed E-state index contributed by atoms with van der Waals surface area (Å²) in [5, 5.41) is 1.28. The number of aromatic nitrogens is 2. The van der Waals surface area contributed by atoms with Gasteiger partial charge in [0.1, 0.15) is 5.82 Å². The van der Waals surface area contributed by atoms with E-state index in [4.69, 9.17) is 28.9 Å². The molecule has 5 heteroatoms. The van der Waals surface area contributed by atoms with Crippen LogP contribution in [0.2, 0.25) is 10.0 Å². The van der Waals surface area contributed by atoms with E-state index in [0.717, 1.165) is 29.0 Å². The van der Waals surface area contributed by atoms with Crippen molar-refractivity contribution in [3.63, 3.8) is 0 Å². The molecular formula is C15H13Cl2N3. The Balaban J connectivity index is 2.37. The van der Waals surface area contributed by atoms with E-state index in [9.17, 15) is 0 Å². The standard InChI is InChI=1S/C15H13Cl2N3/c1-2-15-19-12-8-10(18)4-6-13(12)20(15)14-7-9(16)3-5-11(14)17/h3-8H,2,18H2,1H3. The van der Waals surface area contributed by atoms with Gasteiger partial charge in [-0.3, -0.25) is 4.57 Å². The van der Waals surface area contributed by atoms with Crippen LogP contribution < -0.4 is 5.73 Å². The minimum absolute atomic E-state index is 0.639. The average Bonchev–Trinajstić information content (AvgIpc) is 2.78. The molecule has 2 N–H and O–H groups in total. The SMILES string of the molecule is CCc1nc2cc(N)ccc2n1-c1cc(Cl)ccc1Cl. The minimum atomic E-state index is 0.639. The van der Waals surface area contributed by atoms with Crippen LogP contribution in [0.15, 0.2) is 36.4 Å². The fourth-order valence-electron chi connectivity index (χ4n) is 2.31. The van der Waals surface area contributed by atoms with Gasteiger partial charge < -0.3 is 5.73 Å². The van der Waals surface area contributed by atoms with Crippen molar-refractivity contribution >= 4 is 39.9 Å². The Morgan fingerprint density at radius 2 is 1.95 bits per heavy atom. The van der Waals surface area contributed by atoms with Crippen LogP contribution in [0, 0.1) is 0 Å². The molecular weight excluding hydrogens is 293 g/mol. The molecule has 0 atom stereocenters. The fourth-order valence-corrected chi connectivity index (χ4v) is 2.68. The number of nitrogens with two attached hydrogens (primary N) is 1. The molecule has 0 aliphatic heterocycles. The number of halogens is 2. The largest absolute Gasteiger partial charge is 0.399 e. The molecule has 0 aliphatic rings. The maximum Gasteiger partial charge on any atom is 0.114 e. The fraction of sp³-hybridized carbons (Fsp3) is 0.133. The molecule has 2 aromatic carbocycles. The topological polar surface area (TPSA) is 43.8 Å². The van der Waals surface area contributed by atoms with Crippen LogP contribution in [0.3, 0.4) is 0 Å². The van der Waals surface area contributed by atoms with Gasteiger partial charge >= 0.3 is 0 Å². The quantitative estimate of drug-likeness (QED) is 0.710. The van der Waals surface area contributed by atoms with Gasteiger partial charge in [-0.15, -0.1) is 0 Å². The first-order valence-electron chi connectivity index (χ1n) is 6.32. The number of imidazole rings is 1. The molecule has 0 fully saturated rings. The maximum absolute atomic E-state index is 6.32. The van der Waals surface area contributed by atoms with Crippen LogP contribution >= 0.6 is 23.2 Å². The first-order chi connectivity index (χ1) is 9.60. The van der Waals surface area contributed by atoms with Gasteiger partial charge in [0.15, 0.2) is 0 Å². The molecule has 102 valence electrons. The number of nitrogen functional groups attached to an aromatic ring is 1. The lowest BCUT2D eigenvalue weighted by Gasteiger charge is -2.10. The Morgan fingerprint density at radius 3 is 2.70 bits per heavy atom. The van der Waals surface area contributed by atoms with Gasteiger partial charge in [0.25, 0.3) is 0 Å². The summed E-state index contributed by atoms with van der Waals surface area (Å²) in [5.74, 6) is 0.926. The highest BCUT2D eigenvalue weighted by Gasteiger charge is 2.14. The number of aryl methyl sites for hydroxylation is 1. The summed E-state index contributed by atoms with van der Waals surface area (Å²) >= 11 is 12.4. The van der Waals surface area contributed by atoms with Crippen LogP contribution in [-0.4, -0.2) is 9.55 Å². The number of anilines is 1. The van der Waals surface area contributed by atoms with Crippen molar-refractivity contribution in [2.75, 3.05) is 5.73 Å². The number of benzene rings is 2. The monoisotopic (exact) mass is 305 g/mol. The molecule has 0 aliphatic carbocycles. The van der Waals surface area contributed by atoms with Crippen molar-refractivity contribution < 1.29 is 0 Å². The van der Waals surface area contributed by atoms with E-state index >= 15 is 0 Å². The summed E-state index contributed by atoms with van der Waals surface area (Å²) < 4.78 is 2.03. The summed E-state index contributed by atoms with van der Waals surface area (Å²) in [5.41, 5.74) is 9.19. The van der Waals surface area contributed by atoms with Crippen molar-refractivity contribution in [3.8, 4) is 5.69 Å². The Morgan fingerprint density at radius 1 is 1.15 bits per heavy atom. The molecule has 3 aromatic rings. The summed E-state index contributed by atoms with van der Waals surface area (Å²) in [6.45, 7) is 2.06. The third-order valence-corrected chi connectivity index (χ3v) is 3.77. The highest BCUT2D eigenvalue weighted by molar-refractivity contribution is 6.34.